The van der Waals surface area contributed by atoms with Crippen LogP contribution in [-0.4, -0.2) is 36.1 Å². The van der Waals surface area contributed by atoms with Crippen molar-refractivity contribution in [2.75, 3.05) is 20.2 Å². The van der Waals surface area contributed by atoms with Gasteiger partial charge in [0.1, 0.15) is 0 Å². The number of carbonyl (C=O) groups is 1. The maximum atomic E-state index is 11.4. The Labute approximate surface area is 113 Å². The van der Waals surface area contributed by atoms with Crippen LogP contribution in [0.3, 0.4) is 0 Å². The van der Waals surface area contributed by atoms with Gasteiger partial charge in [-0.25, -0.2) is 0 Å². The zero-order chi connectivity index (χ0) is 13.5. The molecule has 0 amide bonds. The van der Waals surface area contributed by atoms with E-state index in [1.54, 1.807) is 12.4 Å². The minimum atomic E-state index is -0.235. The SMILES string of the molecule is COC(=O)CN(Cc1ccncc1Cl)CC(C)C. The highest BCUT2D eigenvalue weighted by Crippen LogP contribution is 2.16. The Bertz CT molecular complexity index is 396. The van der Waals surface area contributed by atoms with Crippen LogP contribution in [0, 0.1) is 5.92 Å². The fraction of sp³-hybridized carbons (Fsp3) is 0.538. The standard InChI is InChI=1S/C13H19ClN2O2/c1-10(2)7-16(9-13(17)18-3)8-11-4-5-15-6-12(11)14/h4-6,10H,7-9H2,1-3H3. The van der Waals surface area contributed by atoms with Crippen molar-refractivity contribution in [1.82, 2.24) is 9.88 Å². The van der Waals surface area contributed by atoms with Crippen LogP contribution in [0.25, 0.3) is 0 Å². The van der Waals surface area contributed by atoms with Gasteiger partial charge in [-0.15, -0.1) is 0 Å². The van der Waals surface area contributed by atoms with Crippen LogP contribution < -0.4 is 0 Å². The van der Waals surface area contributed by atoms with E-state index in [0.717, 1.165) is 12.1 Å². The van der Waals surface area contributed by atoms with E-state index in [0.29, 0.717) is 17.5 Å². The number of ether oxygens (including phenoxy) is 1. The number of nitrogens with zero attached hydrogens (tertiary/aromatic N) is 2. The Morgan fingerprint density at radius 2 is 2.28 bits per heavy atom. The summed E-state index contributed by atoms with van der Waals surface area (Å²) in [6.45, 7) is 5.92. The van der Waals surface area contributed by atoms with Crippen molar-refractivity contribution in [3.8, 4) is 0 Å². The molecule has 1 aromatic rings. The van der Waals surface area contributed by atoms with Crippen LogP contribution in [0.1, 0.15) is 19.4 Å². The van der Waals surface area contributed by atoms with Crippen molar-refractivity contribution in [3.63, 3.8) is 0 Å². The van der Waals surface area contributed by atoms with E-state index in [2.05, 4.69) is 18.8 Å². The minimum absolute atomic E-state index is 0.235. The van der Waals surface area contributed by atoms with Gasteiger partial charge < -0.3 is 4.74 Å². The molecule has 0 bridgehead atoms. The molecule has 0 fully saturated rings. The van der Waals surface area contributed by atoms with Crippen LogP contribution in [0.2, 0.25) is 5.02 Å². The first-order valence-corrected chi connectivity index (χ1v) is 6.28. The van der Waals surface area contributed by atoms with Crippen LogP contribution in [0.5, 0.6) is 0 Å². The first kappa shape index (κ1) is 14.9. The number of halogens is 1. The van der Waals surface area contributed by atoms with Crippen LogP contribution in [-0.2, 0) is 16.1 Å². The lowest BCUT2D eigenvalue weighted by atomic mass is 10.2. The Morgan fingerprint density at radius 3 is 2.83 bits per heavy atom. The number of hydrogen-bond acceptors (Lipinski definition) is 4. The second kappa shape index (κ2) is 7.34. The molecule has 0 radical (unpaired) electrons. The number of esters is 1. The predicted octanol–water partition coefficient (Wildman–Crippen LogP) is 2.37. The summed E-state index contributed by atoms with van der Waals surface area (Å²) in [5.41, 5.74) is 0.969. The number of methoxy groups -OCH3 is 1. The number of pyridine rings is 1. The van der Waals surface area contributed by atoms with Gasteiger partial charge >= 0.3 is 5.97 Å². The van der Waals surface area contributed by atoms with Crippen molar-refractivity contribution in [3.05, 3.63) is 29.0 Å². The fourth-order valence-corrected chi connectivity index (χ4v) is 1.90. The molecule has 5 heteroatoms. The van der Waals surface area contributed by atoms with Crippen molar-refractivity contribution in [1.29, 1.82) is 0 Å². The third kappa shape index (κ3) is 5.02. The van der Waals surface area contributed by atoms with Gasteiger partial charge in [-0.05, 0) is 17.5 Å². The number of aromatic nitrogens is 1. The quantitative estimate of drug-likeness (QED) is 0.745. The van der Waals surface area contributed by atoms with Gasteiger partial charge in [0.05, 0.1) is 18.7 Å². The van der Waals surface area contributed by atoms with E-state index >= 15 is 0 Å². The molecule has 0 aliphatic carbocycles. The molecule has 0 unspecified atom stereocenters. The topological polar surface area (TPSA) is 42.4 Å². The number of hydrogen-bond donors (Lipinski definition) is 0. The van der Waals surface area contributed by atoms with Gasteiger partial charge in [0.25, 0.3) is 0 Å². The van der Waals surface area contributed by atoms with Gasteiger partial charge in [0.2, 0.25) is 0 Å². The summed E-state index contributed by atoms with van der Waals surface area (Å²) in [7, 11) is 1.40. The highest BCUT2D eigenvalue weighted by atomic mass is 35.5. The van der Waals surface area contributed by atoms with E-state index in [-0.39, 0.29) is 12.5 Å². The molecular weight excluding hydrogens is 252 g/mol. The Hall–Kier alpha value is -1.13. The Morgan fingerprint density at radius 1 is 1.56 bits per heavy atom. The van der Waals surface area contributed by atoms with E-state index in [9.17, 15) is 4.79 Å². The predicted molar refractivity (Wildman–Crippen MR) is 71.4 cm³/mol. The lowest BCUT2D eigenvalue weighted by Gasteiger charge is -2.23. The molecule has 0 saturated carbocycles. The average molecular weight is 271 g/mol. The smallest absolute Gasteiger partial charge is 0.319 e. The zero-order valence-electron chi connectivity index (χ0n) is 11.0. The molecular formula is C13H19ClN2O2. The molecule has 0 spiro atoms. The van der Waals surface area contributed by atoms with E-state index in [1.165, 1.54) is 7.11 Å². The second-order valence-electron chi connectivity index (χ2n) is 4.61. The zero-order valence-corrected chi connectivity index (χ0v) is 11.8. The van der Waals surface area contributed by atoms with Gasteiger partial charge in [0.15, 0.2) is 0 Å². The third-order valence-corrected chi connectivity index (χ3v) is 2.79. The van der Waals surface area contributed by atoms with Gasteiger partial charge in [-0.3, -0.25) is 14.7 Å². The molecule has 0 aliphatic heterocycles. The molecule has 100 valence electrons. The van der Waals surface area contributed by atoms with Crippen molar-refractivity contribution in [2.45, 2.75) is 20.4 Å². The van der Waals surface area contributed by atoms with Crippen molar-refractivity contribution in [2.24, 2.45) is 5.92 Å². The monoisotopic (exact) mass is 270 g/mol. The minimum Gasteiger partial charge on any atom is -0.468 e. The van der Waals surface area contributed by atoms with Gasteiger partial charge in [-0.2, -0.15) is 0 Å². The summed E-state index contributed by atoms with van der Waals surface area (Å²) in [5.74, 6) is 0.232. The highest BCUT2D eigenvalue weighted by molar-refractivity contribution is 6.31. The largest absolute Gasteiger partial charge is 0.468 e. The molecule has 0 aliphatic rings. The number of carbonyl (C=O) groups excluding carboxylic acids is 1. The van der Waals surface area contributed by atoms with Crippen LogP contribution in [0.15, 0.2) is 18.5 Å². The molecule has 0 atom stereocenters. The average Bonchev–Trinajstić information content (AvgIpc) is 2.31. The molecule has 0 N–H and O–H groups in total. The maximum Gasteiger partial charge on any atom is 0.319 e. The van der Waals surface area contributed by atoms with E-state index in [1.807, 2.05) is 11.0 Å². The van der Waals surface area contributed by atoms with E-state index in [4.69, 9.17) is 16.3 Å². The second-order valence-corrected chi connectivity index (χ2v) is 5.01. The lowest BCUT2D eigenvalue weighted by Crippen LogP contribution is -2.33. The Balaban J connectivity index is 2.71. The molecule has 1 aromatic heterocycles. The normalized spacial score (nSPS) is 11.0. The third-order valence-electron chi connectivity index (χ3n) is 2.45. The highest BCUT2D eigenvalue weighted by Gasteiger charge is 2.14. The summed E-state index contributed by atoms with van der Waals surface area (Å²) in [6.07, 6.45) is 3.31. The molecule has 1 heterocycles. The summed E-state index contributed by atoms with van der Waals surface area (Å²) in [6, 6.07) is 1.87. The van der Waals surface area contributed by atoms with Crippen molar-refractivity contribution >= 4 is 17.6 Å². The maximum absolute atomic E-state index is 11.4. The van der Waals surface area contributed by atoms with Gasteiger partial charge in [0, 0.05) is 25.5 Å². The first-order valence-electron chi connectivity index (χ1n) is 5.90. The molecule has 0 saturated heterocycles. The lowest BCUT2D eigenvalue weighted by molar-refractivity contribution is -0.142. The molecule has 18 heavy (non-hydrogen) atoms. The number of rotatable bonds is 6. The van der Waals surface area contributed by atoms with Crippen molar-refractivity contribution < 1.29 is 9.53 Å². The molecule has 4 nitrogen and oxygen atoms in total. The summed E-state index contributed by atoms with van der Waals surface area (Å²) >= 11 is 6.07. The summed E-state index contributed by atoms with van der Waals surface area (Å²) < 4.78 is 4.70. The summed E-state index contributed by atoms with van der Waals surface area (Å²) in [4.78, 5) is 17.3. The van der Waals surface area contributed by atoms with Crippen LogP contribution >= 0.6 is 11.6 Å². The van der Waals surface area contributed by atoms with Crippen LogP contribution in [0.4, 0.5) is 0 Å². The van der Waals surface area contributed by atoms with E-state index < -0.39 is 0 Å². The first-order chi connectivity index (χ1) is 8.52. The summed E-state index contributed by atoms with van der Waals surface area (Å²) in [5, 5.41) is 0.621. The fourth-order valence-electron chi connectivity index (χ4n) is 1.72. The molecule has 1 rings (SSSR count). The Kier molecular flexibility index (Phi) is 6.09. The van der Waals surface area contributed by atoms with Gasteiger partial charge in [-0.1, -0.05) is 25.4 Å². The molecule has 0 aromatic carbocycles.